The maximum atomic E-state index is 12.1. The quantitative estimate of drug-likeness (QED) is 0.649. The fraction of sp³-hybridized carbons (Fsp3) is 0.217. The minimum Gasteiger partial charge on any atom is -0.354 e. The van der Waals surface area contributed by atoms with Crippen molar-refractivity contribution in [3.8, 4) is 0 Å². The van der Waals surface area contributed by atoms with Crippen LogP contribution in [0.1, 0.15) is 31.9 Å². The van der Waals surface area contributed by atoms with E-state index in [9.17, 15) is 4.79 Å². The summed E-state index contributed by atoms with van der Waals surface area (Å²) >= 11 is 0. The molecular weight excluding hydrogens is 334 g/mol. The van der Waals surface area contributed by atoms with Crippen molar-refractivity contribution in [1.82, 2.24) is 4.98 Å². The highest BCUT2D eigenvalue weighted by atomic mass is 16.1. The van der Waals surface area contributed by atoms with Crippen molar-refractivity contribution in [2.45, 2.75) is 32.6 Å². The Bertz CT molecular complexity index is 880. The molecule has 3 aromatic rings. The zero-order valence-electron chi connectivity index (χ0n) is 16.0. The van der Waals surface area contributed by atoms with Gasteiger partial charge in [0.2, 0.25) is 5.91 Å². The van der Waals surface area contributed by atoms with E-state index in [0.717, 1.165) is 16.9 Å². The zero-order valence-corrected chi connectivity index (χ0v) is 16.0. The first kappa shape index (κ1) is 18.6. The molecule has 0 unspecified atom stereocenters. The Morgan fingerprint density at radius 1 is 0.889 bits per heavy atom. The van der Waals surface area contributed by atoms with E-state index >= 15 is 0 Å². The molecule has 0 fully saturated rings. The Hall–Kier alpha value is -3.14. The summed E-state index contributed by atoms with van der Waals surface area (Å²) in [5.74, 6) is 0.469. The predicted molar refractivity (Wildman–Crippen MR) is 111 cm³/mol. The maximum absolute atomic E-state index is 12.1. The van der Waals surface area contributed by atoms with E-state index in [-0.39, 0.29) is 11.3 Å². The Morgan fingerprint density at radius 2 is 1.56 bits per heavy atom. The molecule has 0 radical (unpaired) electrons. The number of hydrogen-bond acceptors (Lipinski definition) is 3. The van der Waals surface area contributed by atoms with Gasteiger partial charge in [0.25, 0.3) is 0 Å². The van der Waals surface area contributed by atoms with Gasteiger partial charge in [-0.2, -0.15) is 0 Å². The van der Waals surface area contributed by atoms with E-state index in [1.165, 1.54) is 5.56 Å². The molecule has 1 heterocycles. The molecule has 0 aliphatic rings. The summed E-state index contributed by atoms with van der Waals surface area (Å²) in [6, 6.07) is 21.8. The van der Waals surface area contributed by atoms with Crippen molar-refractivity contribution < 1.29 is 4.79 Å². The topological polar surface area (TPSA) is 54.0 Å². The van der Waals surface area contributed by atoms with Gasteiger partial charge < -0.3 is 10.6 Å². The molecule has 4 heteroatoms. The Labute approximate surface area is 160 Å². The number of nitrogens with zero attached hydrogens (tertiary/aromatic N) is 1. The Morgan fingerprint density at radius 3 is 2.15 bits per heavy atom. The summed E-state index contributed by atoms with van der Waals surface area (Å²) in [7, 11) is 0. The summed E-state index contributed by atoms with van der Waals surface area (Å²) in [6.07, 6.45) is 2.05. The highest BCUT2D eigenvalue weighted by Crippen LogP contribution is 2.25. The zero-order chi connectivity index (χ0) is 19.3. The van der Waals surface area contributed by atoms with Crippen LogP contribution in [0.15, 0.2) is 72.9 Å². The molecule has 2 aromatic carbocycles. The van der Waals surface area contributed by atoms with Crippen LogP contribution in [-0.4, -0.2) is 10.9 Å². The second-order valence-electron chi connectivity index (χ2n) is 7.60. The highest BCUT2D eigenvalue weighted by Gasteiger charge is 2.12. The lowest BCUT2D eigenvalue weighted by atomic mass is 9.87. The van der Waals surface area contributed by atoms with E-state index in [4.69, 9.17) is 0 Å². The van der Waals surface area contributed by atoms with E-state index in [2.05, 4.69) is 60.7 Å². The SMILES string of the molecule is CC(C)(C)c1ccc(Nc2ccc(NC(=O)Cc3ccccc3)nc2)cc1. The van der Waals surface area contributed by atoms with Gasteiger partial charge in [-0.25, -0.2) is 4.98 Å². The van der Waals surface area contributed by atoms with Crippen LogP contribution in [0, 0.1) is 0 Å². The van der Waals surface area contributed by atoms with Gasteiger partial charge in [0.15, 0.2) is 0 Å². The van der Waals surface area contributed by atoms with Gasteiger partial charge in [-0.15, -0.1) is 0 Å². The number of hydrogen-bond donors (Lipinski definition) is 2. The number of anilines is 3. The van der Waals surface area contributed by atoms with E-state index in [1.807, 2.05) is 36.4 Å². The fourth-order valence-corrected chi connectivity index (χ4v) is 2.73. The van der Waals surface area contributed by atoms with Crippen LogP contribution in [0.5, 0.6) is 0 Å². The molecular formula is C23H25N3O. The number of carbonyl (C=O) groups excluding carboxylic acids is 1. The number of amides is 1. The fourth-order valence-electron chi connectivity index (χ4n) is 2.73. The molecule has 4 nitrogen and oxygen atoms in total. The third kappa shape index (κ3) is 5.42. The number of carbonyl (C=O) groups is 1. The smallest absolute Gasteiger partial charge is 0.229 e. The maximum Gasteiger partial charge on any atom is 0.229 e. The third-order valence-corrected chi connectivity index (χ3v) is 4.28. The van der Waals surface area contributed by atoms with E-state index < -0.39 is 0 Å². The number of benzene rings is 2. The summed E-state index contributed by atoms with van der Waals surface area (Å²) in [4.78, 5) is 16.4. The molecule has 0 bridgehead atoms. The number of nitrogens with one attached hydrogen (secondary N) is 2. The van der Waals surface area contributed by atoms with Crippen molar-refractivity contribution >= 4 is 23.1 Å². The van der Waals surface area contributed by atoms with Crippen molar-refractivity contribution in [2.75, 3.05) is 10.6 Å². The highest BCUT2D eigenvalue weighted by molar-refractivity contribution is 5.91. The van der Waals surface area contributed by atoms with E-state index in [0.29, 0.717) is 12.2 Å². The molecule has 0 spiro atoms. The molecule has 27 heavy (non-hydrogen) atoms. The van der Waals surface area contributed by atoms with Crippen molar-refractivity contribution in [1.29, 1.82) is 0 Å². The first-order valence-electron chi connectivity index (χ1n) is 9.07. The van der Waals surface area contributed by atoms with Gasteiger partial charge in [0, 0.05) is 5.69 Å². The molecule has 0 aliphatic carbocycles. The molecule has 138 valence electrons. The van der Waals surface area contributed by atoms with Crippen LogP contribution in [0.3, 0.4) is 0 Å². The van der Waals surface area contributed by atoms with Crippen LogP contribution >= 0.6 is 0 Å². The summed E-state index contributed by atoms with van der Waals surface area (Å²) in [5, 5.41) is 6.16. The molecule has 0 saturated heterocycles. The van der Waals surface area contributed by atoms with Crippen LogP contribution in [0.4, 0.5) is 17.2 Å². The largest absolute Gasteiger partial charge is 0.354 e. The Balaban J connectivity index is 1.58. The molecule has 0 atom stereocenters. The van der Waals surface area contributed by atoms with Gasteiger partial charge in [-0.3, -0.25) is 4.79 Å². The van der Waals surface area contributed by atoms with Gasteiger partial charge in [0.1, 0.15) is 5.82 Å². The van der Waals surface area contributed by atoms with Crippen LogP contribution in [0.2, 0.25) is 0 Å². The number of pyridine rings is 1. The van der Waals surface area contributed by atoms with Gasteiger partial charge in [-0.1, -0.05) is 63.2 Å². The normalized spacial score (nSPS) is 11.1. The lowest BCUT2D eigenvalue weighted by Crippen LogP contribution is -2.15. The van der Waals surface area contributed by atoms with Crippen LogP contribution < -0.4 is 10.6 Å². The lowest BCUT2D eigenvalue weighted by Gasteiger charge is -2.19. The number of aromatic nitrogens is 1. The van der Waals surface area contributed by atoms with Gasteiger partial charge in [-0.05, 0) is 40.8 Å². The molecule has 1 aromatic heterocycles. The Kier molecular flexibility index (Phi) is 5.55. The van der Waals surface area contributed by atoms with Crippen molar-refractivity contribution in [3.63, 3.8) is 0 Å². The van der Waals surface area contributed by atoms with Crippen molar-refractivity contribution in [2.24, 2.45) is 0 Å². The summed E-state index contributed by atoms with van der Waals surface area (Å²) < 4.78 is 0. The monoisotopic (exact) mass is 359 g/mol. The molecule has 2 N–H and O–H groups in total. The van der Waals surface area contributed by atoms with Crippen molar-refractivity contribution in [3.05, 3.63) is 84.1 Å². The van der Waals surface area contributed by atoms with Crippen LogP contribution in [0.25, 0.3) is 0 Å². The minimum atomic E-state index is -0.0767. The first-order chi connectivity index (χ1) is 12.9. The summed E-state index contributed by atoms with van der Waals surface area (Å²) in [5.41, 5.74) is 4.29. The number of rotatable bonds is 5. The minimum absolute atomic E-state index is 0.0767. The first-order valence-corrected chi connectivity index (χ1v) is 9.07. The standard InChI is InChI=1S/C23H25N3O/c1-23(2,3)18-9-11-19(12-10-18)25-20-13-14-21(24-16-20)26-22(27)15-17-7-5-4-6-8-17/h4-14,16,25H,15H2,1-3H3,(H,24,26,27). The average molecular weight is 359 g/mol. The molecule has 0 aliphatic heterocycles. The summed E-state index contributed by atoms with van der Waals surface area (Å²) in [6.45, 7) is 6.60. The molecule has 3 rings (SSSR count). The second-order valence-corrected chi connectivity index (χ2v) is 7.60. The lowest BCUT2D eigenvalue weighted by molar-refractivity contribution is -0.115. The molecule has 0 saturated carbocycles. The molecule has 1 amide bonds. The van der Waals surface area contributed by atoms with E-state index in [1.54, 1.807) is 12.3 Å². The van der Waals surface area contributed by atoms with Gasteiger partial charge in [0.05, 0.1) is 18.3 Å². The van der Waals surface area contributed by atoms with Gasteiger partial charge >= 0.3 is 0 Å². The average Bonchev–Trinajstić information content (AvgIpc) is 2.64. The predicted octanol–water partition coefficient (Wildman–Crippen LogP) is 5.30. The van der Waals surface area contributed by atoms with Crippen LogP contribution in [-0.2, 0) is 16.6 Å². The second kappa shape index (κ2) is 8.04. The third-order valence-electron chi connectivity index (χ3n) is 4.28.